The minimum Gasteiger partial charge on any atom is -0.331 e. The number of imidazole rings is 1. The summed E-state index contributed by atoms with van der Waals surface area (Å²) in [6.45, 7) is 2.74. The highest BCUT2D eigenvalue weighted by Crippen LogP contribution is 2.21. The van der Waals surface area contributed by atoms with Crippen molar-refractivity contribution in [1.29, 1.82) is 0 Å². The molecule has 2 aromatic rings. The normalized spacial score (nSPS) is 10.4. The van der Waals surface area contributed by atoms with Gasteiger partial charge in [0.15, 0.2) is 6.29 Å². The van der Waals surface area contributed by atoms with Gasteiger partial charge < -0.3 is 4.57 Å². The van der Waals surface area contributed by atoms with Gasteiger partial charge in [-0.25, -0.2) is 9.37 Å². The topological polar surface area (TPSA) is 34.9 Å². The molecule has 0 atom stereocenters. The highest BCUT2D eigenvalue weighted by atomic mass is 19.1. The van der Waals surface area contributed by atoms with Gasteiger partial charge in [0, 0.05) is 30.1 Å². The number of rotatable bonds is 3. The lowest BCUT2D eigenvalue weighted by Gasteiger charge is -2.06. The summed E-state index contributed by atoms with van der Waals surface area (Å²) in [5.41, 5.74) is 0.976. The van der Waals surface area contributed by atoms with Crippen molar-refractivity contribution in [2.75, 3.05) is 0 Å². The van der Waals surface area contributed by atoms with Gasteiger partial charge in [-0.1, -0.05) is 0 Å². The van der Waals surface area contributed by atoms with Crippen molar-refractivity contribution in [3.63, 3.8) is 0 Å². The summed E-state index contributed by atoms with van der Waals surface area (Å²) in [5, 5.41) is 0. The Bertz CT molecular complexity index is 519. The summed E-state index contributed by atoms with van der Waals surface area (Å²) < 4.78 is 14.9. The molecule has 0 unspecified atom stereocenters. The number of aryl methyl sites for hydroxylation is 1. The number of benzene rings is 1. The fourth-order valence-electron chi connectivity index (χ4n) is 1.64. The molecule has 0 radical (unpaired) electrons. The Kier molecular flexibility index (Phi) is 2.81. The molecule has 2 rings (SSSR count). The van der Waals surface area contributed by atoms with Gasteiger partial charge in [0.2, 0.25) is 0 Å². The first kappa shape index (κ1) is 10.5. The monoisotopic (exact) mass is 218 g/mol. The molecule has 16 heavy (non-hydrogen) atoms. The lowest BCUT2D eigenvalue weighted by molar-refractivity contribution is 0.112. The Morgan fingerprint density at radius 1 is 1.50 bits per heavy atom. The second-order valence-corrected chi connectivity index (χ2v) is 3.39. The van der Waals surface area contributed by atoms with Gasteiger partial charge in [-0.2, -0.15) is 0 Å². The standard InChI is InChI=1S/C12H11FN2O/c1-2-15-6-5-14-12(15)11-4-3-10(13)7-9(11)8-16/h3-8H,2H2,1H3. The van der Waals surface area contributed by atoms with E-state index in [0.29, 0.717) is 23.2 Å². The fraction of sp³-hybridized carbons (Fsp3) is 0.167. The number of halogens is 1. The van der Waals surface area contributed by atoms with Crippen LogP contribution in [0.1, 0.15) is 17.3 Å². The zero-order chi connectivity index (χ0) is 11.5. The van der Waals surface area contributed by atoms with Crippen molar-refractivity contribution < 1.29 is 9.18 Å². The number of hydrogen-bond donors (Lipinski definition) is 0. The van der Waals surface area contributed by atoms with E-state index in [9.17, 15) is 9.18 Å². The Morgan fingerprint density at radius 2 is 2.31 bits per heavy atom. The second-order valence-electron chi connectivity index (χ2n) is 3.39. The maximum Gasteiger partial charge on any atom is 0.150 e. The van der Waals surface area contributed by atoms with E-state index in [1.165, 1.54) is 12.1 Å². The number of aldehydes is 1. The van der Waals surface area contributed by atoms with Crippen molar-refractivity contribution in [3.05, 3.63) is 42.0 Å². The lowest BCUT2D eigenvalue weighted by atomic mass is 10.1. The maximum atomic E-state index is 13.0. The summed E-state index contributed by atoms with van der Waals surface area (Å²) in [4.78, 5) is 15.0. The zero-order valence-corrected chi connectivity index (χ0v) is 8.85. The molecule has 0 aliphatic rings. The summed E-state index contributed by atoms with van der Waals surface area (Å²) >= 11 is 0. The van der Waals surface area contributed by atoms with E-state index in [2.05, 4.69) is 4.98 Å². The predicted molar refractivity (Wildman–Crippen MR) is 58.7 cm³/mol. The Balaban J connectivity index is 2.59. The van der Waals surface area contributed by atoms with E-state index in [4.69, 9.17) is 0 Å². The van der Waals surface area contributed by atoms with Gasteiger partial charge >= 0.3 is 0 Å². The largest absolute Gasteiger partial charge is 0.331 e. The van der Waals surface area contributed by atoms with Crippen LogP contribution in [0.2, 0.25) is 0 Å². The third-order valence-electron chi connectivity index (χ3n) is 2.44. The SMILES string of the molecule is CCn1ccnc1-c1ccc(F)cc1C=O. The number of carbonyl (C=O) groups is 1. The second kappa shape index (κ2) is 4.26. The van der Waals surface area contributed by atoms with Gasteiger partial charge in [0.25, 0.3) is 0 Å². The highest BCUT2D eigenvalue weighted by Gasteiger charge is 2.10. The van der Waals surface area contributed by atoms with Crippen LogP contribution in [-0.2, 0) is 6.54 Å². The Morgan fingerprint density at radius 3 is 3.00 bits per heavy atom. The van der Waals surface area contributed by atoms with Crippen molar-refractivity contribution in [3.8, 4) is 11.4 Å². The molecule has 82 valence electrons. The van der Waals surface area contributed by atoms with Gasteiger partial charge in [0.05, 0.1) is 0 Å². The molecule has 0 amide bonds. The first-order valence-corrected chi connectivity index (χ1v) is 5.02. The molecule has 4 heteroatoms. The van der Waals surface area contributed by atoms with E-state index in [0.717, 1.165) is 6.54 Å². The summed E-state index contributed by atoms with van der Waals surface area (Å²) in [6.07, 6.45) is 4.14. The van der Waals surface area contributed by atoms with Crippen LogP contribution in [0.3, 0.4) is 0 Å². The van der Waals surface area contributed by atoms with Gasteiger partial charge in [0.1, 0.15) is 11.6 Å². The first-order chi connectivity index (χ1) is 7.76. The molecule has 0 saturated carbocycles. The summed E-state index contributed by atoms with van der Waals surface area (Å²) in [5.74, 6) is 0.269. The van der Waals surface area contributed by atoms with Crippen LogP contribution < -0.4 is 0 Å². The Labute approximate surface area is 92.5 Å². The van der Waals surface area contributed by atoms with Crippen LogP contribution in [0.5, 0.6) is 0 Å². The van der Waals surface area contributed by atoms with Crippen LogP contribution >= 0.6 is 0 Å². The first-order valence-electron chi connectivity index (χ1n) is 5.02. The summed E-state index contributed by atoms with van der Waals surface area (Å²) in [6, 6.07) is 4.13. The average molecular weight is 218 g/mol. The minimum absolute atomic E-state index is 0.320. The van der Waals surface area contributed by atoms with Crippen molar-refractivity contribution in [2.45, 2.75) is 13.5 Å². The van der Waals surface area contributed by atoms with Crippen LogP contribution in [0.15, 0.2) is 30.6 Å². The molecule has 0 fully saturated rings. The number of carbonyl (C=O) groups excluding carboxylic acids is 1. The molecule has 0 aliphatic heterocycles. The lowest BCUT2D eigenvalue weighted by Crippen LogP contribution is -1.99. The maximum absolute atomic E-state index is 13.0. The van der Waals surface area contributed by atoms with Gasteiger partial charge in [-0.05, 0) is 25.1 Å². The van der Waals surface area contributed by atoms with Crippen LogP contribution in [0, 0.1) is 5.82 Å². The molecule has 0 bridgehead atoms. The van der Waals surface area contributed by atoms with Crippen LogP contribution in [0.4, 0.5) is 4.39 Å². The molecular formula is C12H11FN2O. The summed E-state index contributed by atoms with van der Waals surface area (Å²) in [7, 11) is 0. The number of aromatic nitrogens is 2. The van der Waals surface area contributed by atoms with E-state index in [-0.39, 0.29) is 0 Å². The quantitative estimate of drug-likeness (QED) is 0.742. The third-order valence-corrected chi connectivity index (χ3v) is 2.44. The minimum atomic E-state index is -0.416. The smallest absolute Gasteiger partial charge is 0.150 e. The predicted octanol–water partition coefficient (Wildman–Crippen LogP) is 2.52. The van der Waals surface area contributed by atoms with E-state index in [1.807, 2.05) is 17.7 Å². The third kappa shape index (κ3) is 1.74. The van der Waals surface area contributed by atoms with E-state index >= 15 is 0 Å². The molecule has 1 aromatic heterocycles. The van der Waals surface area contributed by atoms with E-state index in [1.54, 1.807) is 12.3 Å². The molecular weight excluding hydrogens is 207 g/mol. The molecule has 1 aromatic carbocycles. The highest BCUT2D eigenvalue weighted by molar-refractivity contribution is 5.85. The van der Waals surface area contributed by atoms with Crippen molar-refractivity contribution in [1.82, 2.24) is 9.55 Å². The fourth-order valence-corrected chi connectivity index (χ4v) is 1.64. The van der Waals surface area contributed by atoms with E-state index < -0.39 is 5.82 Å². The van der Waals surface area contributed by atoms with Crippen LogP contribution in [-0.4, -0.2) is 15.8 Å². The average Bonchev–Trinajstić information content (AvgIpc) is 2.76. The van der Waals surface area contributed by atoms with Gasteiger partial charge in [-0.15, -0.1) is 0 Å². The molecule has 0 spiro atoms. The van der Waals surface area contributed by atoms with Crippen molar-refractivity contribution in [2.24, 2.45) is 0 Å². The van der Waals surface area contributed by atoms with Gasteiger partial charge in [-0.3, -0.25) is 4.79 Å². The molecule has 0 N–H and O–H groups in total. The number of nitrogens with zero attached hydrogens (tertiary/aromatic N) is 2. The molecule has 3 nitrogen and oxygen atoms in total. The van der Waals surface area contributed by atoms with Crippen LogP contribution in [0.25, 0.3) is 11.4 Å². The molecule has 0 aliphatic carbocycles. The molecule has 0 saturated heterocycles. The molecule has 1 heterocycles. The Hall–Kier alpha value is -1.97. The zero-order valence-electron chi connectivity index (χ0n) is 8.85. The number of hydrogen-bond acceptors (Lipinski definition) is 2. The van der Waals surface area contributed by atoms with Crippen molar-refractivity contribution >= 4 is 6.29 Å².